The fraction of sp³-hybridized carbons (Fsp3) is 0.229. The maximum atomic E-state index is 14.3. The van der Waals surface area contributed by atoms with E-state index in [1.807, 2.05) is 0 Å². The summed E-state index contributed by atoms with van der Waals surface area (Å²) >= 11 is 0. The quantitative estimate of drug-likeness (QED) is 0.145. The summed E-state index contributed by atoms with van der Waals surface area (Å²) in [5.41, 5.74) is 0.320. The predicted octanol–water partition coefficient (Wildman–Crippen LogP) is 5.06. The number of halogens is 4. The number of rotatable bonds is 9. The standard InChI is InChI=1S/C35H31F4N5O5/c1-4-43-33-29(26(42-44(33)25-11-6-5-7-12-25)19-40-31(46)20(2)17-27(45)49-3)28(21-13-15-24(36)16-14-21)30(34(43)48)41-32(47)22-9-8-10-23(18-22)35(37,38)39/h5-18,28,30H,4,19H2,1-3H3,(H,40,46)(H,41,47)/b20-17+/t28-,30+/m0/s1. The van der Waals surface area contributed by atoms with Crippen molar-refractivity contribution >= 4 is 29.5 Å². The highest BCUT2D eigenvalue weighted by Crippen LogP contribution is 2.44. The number of hydrogen-bond acceptors (Lipinski definition) is 6. The van der Waals surface area contributed by atoms with Crippen LogP contribution in [-0.4, -0.2) is 53.2 Å². The Kier molecular flexibility index (Phi) is 9.97. The van der Waals surface area contributed by atoms with Gasteiger partial charge in [-0.15, -0.1) is 0 Å². The molecule has 0 unspecified atom stereocenters. The van der Waals surface area contributed by atoms with Gasteiger partial charge in [-0.3, -0.25) is 19.3 Å². The van der Waals surface area contributed by atoms with E-state index in [4.69, 9.17) is 5.10 Å². The van der Waals surface area contributed by atoms with Crippen molar-refractivity contribution in [2.45, 2.75) is 38.5 Å². The number of nitrogens with zero attached hydrogens (tertiary/aromatic N) is 3. The molecule has 1 aliphatic heterocycles. The third-order valence-electron chi connectivity index (χ3n) is 8.00. The van der Waals surface area contributed by atoms with Crippen LogP contribution in [0.4, 0.5) is 23.4 Å². The fourth-order valence-corrected chi connectivity index (χ4v) is 5.65. The SMILES string of the molecule is CCN1C(=O)[C@H](NC(=O)c2cccc(C(F)(F)F)c2)[C@@H](c2ccc(F)cc2)c2c(CNC(=O)/C(C)=C/C(=O)OC)nn(-c3ccccc3)c21. The van der Waals surface area contributed by atoms with Gasteiger partial charge in [0.1, 0.15) is 17.7 Å². The zero-order chi connectivity index (χ0) is 35.5. The molecular formula is C35H31F4N5O5. The number of amides is 3. The zero-order valence-corrected chi connectivity index (χ0v) is 26.5. The number of anilines is 1. The number of benzene rings is 3. The lowest BCUT2D eigenvalue weighted by atomic mass is 9.80. The summed E-state index contributed by atoms with van der Waals surface area (Å²) in [4.78, 5) is 54.0. The summed E-state index contributed by atoms with van der Waals surface area (Å²) in [5.74, 6) is -4.14. The number of carbonyl (C=O) groups excluding carboxylic acids is 4. The van der Waals surface area contributed by atoms with Crippen LogP contribution in [-0.2, 0) is 31.8 Å². The molecule has 0 saturated heterocycles. The van der Waals surface area contributed by atoms with Crippen molar-refractivity contribution in [2.24, 2.45) is 0 Å². The lowest BCUT2D eigenvalue weighted by molar-refractivity contribution is -0.137. The van der Waals surface area contributed by atoms with Gasteiger partial charge in [-0.05, 0) is 61.9 Å². The number of alkyl halides is 3. The van der Waals surface area contributed by atoms with E-state index in [-0.39, 0.29) is 29.9 Å². The predicted molar refractivity (Wildman–Crippen MR) is 170 cm³/mol. The van der Waals surface area contributed by atoms with E-state index in [1.54, 1.807) is 37.3 Å². The van der Waals surface area contributed by atoms with Crippen LogP contribution < -0.4 is 15.5 Å². The summed E-state index contributed by atoms with van der Waals surface area (Å²) in [6.07, 6.45) is -3.69. The van der Waals surface area contributed by atoms with Crippen molar-refractivity contribution in [2.75, 3.05) is 18.6 Å². The largest absolute Gasteiger partial charge is 0.466 e. The Morgan fingerprint density at radius 3 is 2.33 bits per heavy atom. The van der Waals surface area contributed by atoms with Gasteiger partial charge in [0.05, 0.1) is 30.6 Å². The number of nitrogens with one attached hydrogen (secondary N) is 2. The highest BCUT2D eigenvalue weighted by atomic mass is 19.4. The van der Waals surface area contributed by atoms with Crippen LogP contribution in [0.5, 0.6) is 0 Å². The topological polar surface area (TPSA) is 123 Å². The Hall–Kier alpha value is -5.79. The summed E-state index contributed by atoms with van der Waals surface area (Å²) in [5, 5.41) is 10.2. The van der Waals surface area contributed by atoms with Gasteiger partial charge in [-0.2, -0.15) is 18.3 Å². The molecule has 1 aromatic heterocycles. The van der Waals surface area contributed by atoms with Crippen LogP contribution in [0.25, 0.3) is 5.69 Å². The molecule has 0 fully saturated rings. The summed E-state index contributed by atoms with van der Waals surface area (Å²) in [6, 6.07) is 16.5. The lowest BCUT2D eigenvalue weighted by Gasteiger charge is -2.38. The summed E-state index contributed by atoms with van der Waals surface area (Å²) in [6.45, 7) is 3.02. The molecule has 2 N–H and O–H groups in total. The molecule has 254 valence electrons. The minimum absolute atomic E-state index is 0.0508. The molecule has 5 rings (SSSR count). The number of hydrogen-bond donors (Lipinski definition) is 2. The highest BCUT2D eigenvalue weighted by Gasteiger charge is 2.46. The first kappa shape index (κ1) is 34.5. The van der Waals surface area contributed by atoms with Gasteiger partial charge in [-0.1, -0.05) is 36.4 Å². The Labute approximate surface area is 278 Å². The third-order valence-corrected chi connectivity index (χ3v) is 8.00. The maximum Gasteiger partial charge on any atom is 0.416 e. The van der Waals surface area contributed by atoms with E-state index in [0.29, 0.717) is 28.7 Å². The molecule has 10 nitrogen and oxygen atoms in total. The number of fused-ring (bicyclic) bond motifs is 1. The van der Waals surface area contributed by atoms with Gasteiger partial charge in [-0.25, -0.2) is 13.9 Å². The van der Waals surface area contributed by atoms with E-state index < -0.39 is 53.2 Å². The maximum absolute atomic E-state index is 14.3. The molecule has 49 heavy (non-hydrogen) atoms. The number of methoxy groups -OCH3 is 1. The zero-order valence-electron chi connectivity index (χ0n) is 26.5. The van der Waals surface area contributed by atoms with Crippen LogP contribution >= 0.6 is 0 Å². The number of aromatic nitrogens is 2. The minimum atomic E-state index is -4.71. The molecular weight excluding hydrogens is 646 g/mol. The van der Waals surface area contributed by atoms with Gasteiger partial charge in [0.25, 0.3) is 11.8 Å². The molecule has 0 spiro atoms. The molecule has 3 aromatic carbocycles. The fourth-order valence-electron chi connectivity index (χ4n) is 5.65. The van der Waals surface area contributed by atoms with Crippen molar-refractivity contribution in [3.05, 3.63) is 124 Å². The molecule has 4 aromatic rings. The molecule has 0 radical (unpaired) electrons. The monoisotopic (exact) mass is 677 g/mol. The number of para-hydroxylation sites is 1. The van der Waals surface area contributed by atoms with Gasteiger partial charge < -0.3 is 15.4 Å². The normalized spacial score (nSPS) is 16.2. The van der Waals surface area contributed by atoms with Crippen molar-refractivity contribution in [1.29, 1.82) is 0 Å². The number of esters is 1. The third kappa shape index (κ3) is 7.22. The van der Waals surface area contributed by atoms with Gasteiger partial charge >= 0.3 is 12.1 Å². The van der Waals surface area contributed by atoms with Gasteiger partial charge in [0.15, 0.2) is 0 Å². The molecule has 3 amide bonds. The van der Waals surface area contributed by atoms with Gasteiger partial charge in [0, 0.05) is 35.2 Å². The molecule has 0 aliphatic carbocycles. The Morgan fingerprint density at radius 2 is 1.69 bits per heavy atom. The van der Waals surface area contributed by atoms with Crippen LogP contribution in [0.3, 0.4) is 0 Å². The average Bonchev–Trinajstić information content (AvgIpc) is 3.46. The Balaban J connectivity index is 1.67. The van der Waals surface area contributed by atoms with Crippen molar-refractivity contribution in [3.63, 3.8) is 0 Å². The second-order valence-electron chi connectivity index (χ2n) is 11.1. The Morgan fingerprint density at radius 1 is 1.00 bits per heavy atom. The van der Waals surface area contributed by atoms with Crippen molar-refractivity contribution in [3.8, 4) is 5.69 Å². The summed E-state index contributed by atoms with van der Waals surface area (Å²) < 4.78 is 60.8. The molecule has 1 aliphatic rings. The first-order valence-electron chi connectivity index (χ1n) is 15.1. The lowest BCUT2D eigenvalue weighted by Crippen LogP contribution is -2.55. The molecule has 0 bridgehead atoms. The number of ether oxygens (including phenoxy) is 1. The smallest absolute Gasteiger partial charge is 0.416 e. The average molecular weight is 678 g/mol. The Bertz CT molecular complexity index is 1920. The molecule has 2 atom stereocenters. The molecule has 0 saturated carbocycles. The van der Waals surface area contributed by atoms with E-state index in [2.05, 4.69) is 15.4 Å². The second kappa shape index (κ2) is 14.1. The van der Waals surface area contributed by atoms with Gasteiger partial charge in [0.2, 0.25) is 5.91 Å². The summed E-state index contributed by atoms with van der Waals surface area (Å²) in [7, 11) is 1.17. The van der Waals surface area contributed by atoms with Crippen molar-refractivity contribution in [1.82, 2.24) is 20.4 Å². The van der Waals surface area contributed by atoms with Crippen LogP contribution in [0.1, 0.15) is 52.5 Å². The van der Waals surface area contributed by atoms with E-state index in [0.717, 1.165) is 18.2 Å². The number of likely N-dealkylation sites (N-methyl/N-ethyl adjacent to an activating group) is 1. The van der Waals surface area contributed by atoms with E-state index in [9.17, 15) is 36.7 Å². The highest BCUT2D eigenvalue weighted by molar-refractivity contribution is 6.05. The van der Waals surface area contributed by atoms with Crippen LogP contribution in [0, 0.1) is 5.82 Å². The number of carbonyl (C=O) groups is 4. The molecule has 14 heteroatoms. The van der Waals surface area contributed by atoms with E-state index in [1.165, 1.54) is 53.9 Å². The van der Waals surface area contributed by atoms with Crippen molar-refractivity contribution < 1.29 is 41.5 Å². The first-order valence-corrected chi connectivity index (χ1v) is 15.1. The molecule has 2 heterocycles. The van der Waals surface area contributed by atoms with Crippen LogP contribution in [0.2, 0.25) is 0 Å². The van der Waals surface area contributed by atoms with E-state index >= 15 is 0 Å². The first-order chi connectivity index (χ1) is 23.3. The minimum Gasteiger partial charge on any atom is -0.466 e. The van der Waals surface area contributed by atoms with Crippen LogP contribution in [0.15, 0.2) is 90.5 Å². The second-order valence-corrected chi connectivity index (χ2v) is 11.1.